The van der Waals surface area contributed by atoms with Crippen LogP contribution in [0, 0.1) is 12.7 Å². The molecule has 29 heavy (non-hydrogen) atoms. The quantitative estimate of drug-likeness (QED) is 0.476. The molecule has 3 aromatic carbocycles. The summed E-state index contributed by atoms with van der Waals surface area (Å²) in [6.45, 7) is 1.88. The van der Waals surface area contributed by atoms with Gasteiger partial charge in [0, 0.05) is 10.2 Å². The number of fused-ring (bicyclic) bond motifs is 1. The molecule has 0 saturated carbocycles. The number of amides is 1. The lowest BCUT2D eigenvalue weighted by Gasteiger charge is -2.12. The summed E-state index contributed by atoms with van der Waals surface area (Å²) in [5, 5.41) is 11.7. The molecule has 146 valence electrons. The Balaban J connectivity index is 1.64. The van der Waals surface area contributed by atoms with Crippen LogP contribution in [-0.2, 0) is 0 Å². The zero-order valence-electron chi connectivity index (χ0n) is 15.6. The molecule has 0 saturated heterocycles. The number of carbonyl (C=O) groups is 1. The molecule has 0 spiro atoms. The van der Waals surface area contributed by atoms with Gasteiger partial charge in [-0.3, -0.25) is 4.79 Å². The van der Waals surface area contributed by atoms with Gasteiger partial charge in [-0.05, 0) is 67.1 Å². The van der Waals surface area contributed by atoms with Crippen LogP contribution in [0.3, 0.4) is 0 Å². The molecule has 0 aliphatic heterocycles. The highest BCUT2D eigenvalue weighted by Gasteiger charge is 2.16. The Morgan fingerprint density at radius 1 is 1.07 bits per heavy atom. The molecular weight excluding hydrogens is 439 g/mol. The van der Waals surface area contributed by atoms with Crippen molar-refractivity contribution in [1.29, 1.82) is 0 Å². The van der Waals surface area contributed by atoms with Crippen molar-refractivity contribution in [2.24, 2.45) is 0 Å². The molecule has 4 aromatic rings. The average Bonchev–Trinajstić information content (AvgIpc) is 3.11. The summed E-state index contributed by atoms with van der Waals surface area (Å²) in [7, 11) is 1.53. The maximum absolute atomic E-state index is 13.1. The third-order valence-electron chi connectivity index (χ3n) is 4.38. The molecule has 4 rings (SSSR count). The third kappa shape index (κ3) is 3.84. The summed E-state index contributed by atoms with van der Waals surface area (Å²) in [6, 6.07) is 14.7. The number of rotatable bonds is 4. The number of aryl methyl sites for hydroxylation is 1. The first kappa shape index (κ1) is 19.1. The smallest absolute Gasteiger partial charge is 0.259 e. The number of halogens is 2. The molecule has 0 unspecified atom stereocenters. The van der Waals surface area contributed by atoms with Crippen LogP contribution in [-0.4, -0.2) is 28.0 Å². The minimum atomic E-state index is -0.325. The van der Waals surface area contributed by atoms with Gasteiger partial charge < -0.3 is 10.1 Å². The van der Waals surface area contributed by atoms with Gasteiger partial charge >= 0.3 is 0 Å². The summed E-state index contributed by atoms with van der Waals surface area (Å²) in [5.74, 6) is -0.0979. The minimum Gasteiger partial charge on any atom is -0.496 e. The molecule has 8 heteroatoms. The average molecular weight is 455 g/mol. The predicted octanol–water partition coefficient (Wildman–Crippen LogP) is 4.89. The maximum atomic E-state index is 13.1. The second-order valence-electron chi connectivity index (χ2n) is 6.43. The Kier molecular flexibility index (Phi) is 5.02. The summed E-state index contributed by atoms with van der Waals surface area (Å²) in [6.07, 6.45) is 0. The predicted molar refractivity (Wildman–Crippen MR) is 112 cm³/mol. The van der Waals surface area contributed by atoms with Crippen molar-refractivity contribution in [3.8, 4) is 11.4 Å². The van der Waals surface area contributed by atoms with E-state index < -0.39 is 0 Å². The van der Waals surface area contributed by atoms with E-state index in [4.69, 9.17) is 4.74 Å². The molecule has 0 fully saturated rings. The Labute approximate surface area is 174 Å². The van der Waals surface area contributed by atoms with E-state index in [9.17, 15) is 9.18 Å². The molecule has 0 radical (unpaired) electrons. The van der Waals surface area contributed by atoms with E-state index in [1.54, 1.807) is 36.4 Å². The third-order valence-corrected chi connectivity index (χ3v) is 4.84. The van der Waals surface area contributed by atoms with E-state index in [0.717, 1.165) is 10.0 Å². The topological polar surface area (TPSA) is 69.0 Å². The first-order valence-electron chi connectivity index (χ1n) is 8.73. The molecule has 0 aliphatic rings. The van der Waals surface area contributed by atoms with Crippen LogP contribution in [0.2, 0.25) is 0 Å². The highest BCUT2D eigenvalue weighted by molar-refractivity contribution is 9.10. The van der Waals surface area contributed by atoms with E-state index in [1.165, 1.54) is 24.0 Å². The number of hydrogen-bond acceptors (Lipinski definition) is 4. The van der Waals surface area contributed by atoms with Crippen LogP contribution in [0.1, 0.15) is 15.9 Å². The number of methoxy groups -OCH3 is 1. The zero-order chi connectivity index (χ0) is 20.5. The molecule has 6 nitrogen and oxygen atoms in total. The summed E-state index contributed by atoms with van der Waals surface area (Å²) >= 11 is 3.41. The van der Waals surface area contributed by atoms with Crippen molar-refractivity contribution in [3.63, 3.8) is 0 Å². The maximum Gasteiger partial charge on any atom is 0.259 e. The lowest BCUT2D eigenvalue weighted by Crippen LogP contribution is -2.13. The van der Waals surface area contributed by atoms with Gasteiger partial charge in [-0.1, -0.05) is 15.9 Å². The Bertz CT molecular complexity index is 1220. The van der Waals surface area contributed by atoms with Crippen molar-refractivity contribution < 1.29 is 13.9 Å². The van der Waals surface area contributed by atoms with Gasteiger partial charge in [-0.2, -0.15) is 4.80 Å². The Morgan fingerprint density at radius 2 is 1.79 bits per heavy atom. The van der Waals surface area contributed by atoms with E-state index in [-0.39, 0.29) is 11.7 Å². The van der Waals surface area contributed by atoms with Gasteiger partial charge in [0.15, 0.2) is 0 Å². The number of nitrogens with zero attached hydrogens (tertiary/aromatic N) is 3. The lowest BCUT2D eigenvalue weighted by atomic mass is 10.1. The van der Waals surface area contributed by atoms with Gasteiger partial charge in [0.1, 0.15) is 22.6 Å². The SMILES string of the molecule is COc1c(C)cc(Br)cc1C(=O)Nc1ccc2nn(-c3ccc(F)cc3)nc2c1. The van der Waals surface area contributed by atoms with Crippen molar-refractivity contribution >= 4 is 38.6 Å². The molecule has 1 N–H and O–H groups in total. The number of ether oxygens (including phenoxy) is 1. The zero-order valence-corrected chi connectivity index (χ0v) is 17.2. The van der Waals surface area contributed by atoms with Crippen LogP contribution >= 0.6 is 15.9 Å². The highest BCUT2D eigenvalue weighted by Crippen LogP contribution is 2.29. The second kappa shape index (κ2) is 7.63. The van der Waals surface area contributed by atoms with Gasteiger partial charge in [0.2, 0.25) is 0 Å². The second-order valence-corrected chi connectivity index (χ2v) is 7.34. The normalized spacial score (nSPS) is 10.9. The molecule has 0 atom stereocenters. The van der Waals surface area contributed by atoms with E-state index in [2.05, 4.69) is 31.4 Å². The van der Waals surface area contributed by atoms with Crippen LogP contribution in [0.4, 0.5) is 10.1 Å². The number of nitrogens with one attached hydrogen (secondary N) is 1. The summed E-state index contributed by atoms with van der Waals surface area (Å²) < 4.78 is 19.3. The van der Waals surface area contributed by atoms with Gasteiger partial charge in [-0.25, -0.2) is 4.39 Å². The fraction of sp³-hybridized carbons (Fsp3) is 0.0952. The fourth-order valence-corrected chi connectivity index (χ4v) is 3.62. The minimum absolute atomic E-state index is 0.295. The number of carbonyl (C=O) groups excluding carboxylic acids is 1. The van der Waals surface area contributed by atoms with E-state index in [1.807, 2.05) is 13.0 Å². The Hall–Kier alpha value is -3.26. The Morgan fingerprint density at radius 3 is 2.52 bits per heavy atom. The number of benzene rings is 3. The van der Waals surface area contributed by atoms with Crippen LogP contribution in [0.15, 0.2) is 59.1 Å². The first-order valence-corrected chi connectivity index (χ1v) is 9.52. The molecular formula is C21H16BrFN4O2. The number of anilines is 1. The van der Waals surface area contributed by atoms with Gasteiger partial charge in [-0.15, -0.1) is 10.2 Å². The fourth-order valence-electron chi connectivity index (χ4n) is 3.05. The van der Waals surface area contributed by atoms with E-state index >= 15 is 0 Å². The number of aromatic nitrogens is 3. The first-order chi connectivity index (χ1) is 13.9. The van der Waals surface area contributed by atoms with Crippen LogP contribution < -0.4 is 10.1 Å². The highest BCUT2D eigenvalue weighted by atomic mass is 79.9. The standard InChI is InChI=1S/C21H16BrFN4O2/c1-12-9-13(22)10-17(20(12)29-2)21(28)24-15-5-8-18-19(11-15)26-27(25-18)16-6-3-14(23)4-7-16/h3-11H,1-2H3,(H,24,28). The van der Waals surface area contributed by atoms with Crippen molar-refractivity contribution in [2.75, 3.05) is 12.4 Å². The van der Waals surface area contributed by atoms with Crippen molar-refractivity contribution in [3.05, 3.63) is 76.0 Å². The molecule has 1 aromatic heterocycles. The van der Waals surface area contributed by atoms with Gasteiger partial charge in [0.25, 0.3) is 5.91 Å². The lowest BCUT2D eigenvalue weighted by molar-refractivity contribution is 0.102. The molecule has 0 aliphatic carbocycles. The van der Waals surface area contributed by atoms with Crippen LogP contribution in [0.5, 0.6) is 5.75 Å². The summed E-state index contributed by atoms with van der Waals surface area (Å²) in [4.78, 5) is 14.2. The van der Waals surface area contributed by atoms with Gasteiger partial charge in [0.05, 0.1) is 18.4 Å². The number of hydrogen-bond donors (Lipinski definition) is 1. The monoisotopic (exact) mass is 454 g/mol. The molecule has 1 amide bonds. The molecule has 0 bridgehead atoms. The molecule has 1 heterocycles. The van der Waals surface area contributed by atoms with Crippen LogP contribution in [0.25, 0.3) is 16.7 Å². The summed E-state index contributed by atoms with van der Waals surface area (Å²) in [5.41, 5.74) is 3.75. The van der Waals surface area contributed by atoms with Crippen molar-refractivity contribution in [2.45, 2.75) is 6.92 Å². The van der Waals surface area contributed by atoms with E-state index in [0.29, 0.717) is 33.7 Å². The van der Waals surface area contributed by atoms with Crippen molar-refractivity contribution in [1.82, 2.24) is 15.0 Å². The largest absolute Gasteiger partial charge is 0.496 e.